The van der Waals surface area contributed by atoms with Crippen molar-refractivity contribution in [3.05, 3.63) is 0 Å². The van der Waals surface area contributed by atoms with Crippen molar-refractivity contribution in [2.45, 2.75) is 19.3 Å². The van der Waals surface area contributed by atoms with Crippen LogP contribution in [0.15, 0.2) is 0 Å². The van der Waals surface area contributed by atoms with E-state index in [0.29, 0.717) is 19.4 Å². The van der Waals surface area contributed by atoms with E-state index < -0.39 is 0 Å². The SMILES string of the molecule is CN(CCC(=O)N(C)CCC#N)CC1CCN(C)C1. The lowest BCUT2D eigenvalue weighted by Crippen LogP contribution is -2.33. The number of likely N-dealkylation sites (tertiary alicyclic amines) is 1. The molecule has 5 heteroatoms. The smallest absolute Gasteiger partial charge is 0.223 e. The molecule has 0 N–H and O–H groups in total. The molecule has 0 aromatic carbocycles. The van der Waals surface area contributed by atoms with Crippen molar-refractivity contribution in [1.29, 1.82) is 5.26 Å². The van der Waals surface area contributed by atoms with Crippen LogP contribution >= 0.6 is 0 Å². The second-order valence-electron chi connectivity index (χ2n) is 5.65. The molecule has 0 saturated carbocycles. The van der Waals surface area contributed by atoms with E-state index in [2.05, 4.69) is 30.0 Å². The van der Waals surface area contributed by atoms with E-state index in [1.165, 1.54) is 19.5 Å². The van der Waals surface area contributed by atoms with Crippen LogP contribution in [0, 0.1) is 17.2 Å². The van der Waals surface area contributed by atoms with Crippen LogP contribution in [-0.4, -0.2) is 74.5 Å². The molecule has 1 fully saturated rings. The third-order valence-electron chi connectivity index (χ3n) is 3.75. The number of amides is 1. The quantitative estimate of drug-likeness (QED) is 0.678. The Labute approximate surface area is 116 Å². The van der Waals surface area contributed by atoms with Crippen molar-refractivity contribution in [1.82, 2.24) is 14.7 Å². The molecule has 0 aromatic heterocycles. The highest BCUT2D eigenvalue weighted by Crippen LogP contribution is 2.15. The topological polar surface area (TPSA) is 50.6 Å². The van der Waals surface area contributed by atoms with Gasteiger partial charge in [0.15, 0.2) is 0 Å². The predicted octanol–water partition coefficient (Wildman–Crippen LogP) is 0.632. The number of carbonyl (C=O) groups excluding carboxylic acids is 1. The van der Waals surface area contributed by atoms with Gasteiger partial charge in [0.05, 0.1) is 12.5 Å². The summed E-state index contributed by atoms with van der Waals surface area (Å²) in [6.07, 6.45) is 2.21. The molecular weight excluding hydrogens is 240 g/mol. The summed E-state index contributed by atoms with van der Waals surface area (Å²) in [5.41, 5.74) is 0. The largest absolute Gasteiger partial charge is 0.345 e. The molecule has 5 nitrogen and oxygen atoms in total. The average Bonchev–Trinajstić information content (AvgIpc) is 2.78. The van der Waals surface area contributed by atoms with E-state index >= 15 is 0 Å². The molecule has 1 aliphatic heterocycles. The second kappa shape index (κ2) is 8.13. The minimum Gasteiger partial charge on any atom is -0.345 e. The van der Waals surface area contributed by atoms with Crippen LogP contribution < -0.4 is 0 Å². The van der Waals surface area contributed by atoms with Gasteiger partial charge in [0.2, 0.25) is 5.91 Å². The Morgan fingerprint density at radius 2 is 2.16 bits per heavy atom. The van der Waals surface area contributed by atoms with Crippen LogP contribution in [0.1, 0.15) is 19.3 Å². The molecule has 1 rings (SSSR count). The molecule has 0 spiro atoms. The van der Waals surface area contributed by atoms with Crippen molar-refractivity contribution in [3.8, 4) is 6.07 Å². The first-order chi connectivity index (χ1) is 9.02. The second-order valence-corrected chi connectivity index (χ2v) is 5.65. The molecular formula is C14H26N4O. The molecule has 0 radical (unpaired) electrons. The number of hydrogen-bond acceptors (Lipinski definition) is 4. The minimum absolute atomic E-state index is 0.130. The Morgan fingerprint density at radius 1 is 1.42 bits per heavy atom. The van der Waals surface area contributed by atoms with Gasteiger partial charge in [-0.2, -0.15) is 5.26 Å². The maximum absolute atomic E-state index is 11.8. The first kappa shape index (κ1) is 15.9. The summed E-state index contributed by atoms with van der Waals surface area (Å²) in [5, 5.41) is 8.50. The first-order valence-electron chi connectivity index (χ1n) is 7.01. The molecule has 1 amide bonds. The highest BCUT2D eigenvalue weighted by Gasteiger charge is 2.21. The van der Waals surface area contributed by atoms with Crippen LogP contribution in [0.2, 0.25) is 0 Å². The van der Waals surface area contributed by atoms with Gasteiger partial charge in [-0.1, -0.05) is 0 Å². The van der Waals surface area contributed by atoms with Crippen molar-refractivity contribution in [2.24, 2.45) is 5.92 Å². The molecule has 1 aliphatic rings. The Hall–Kier alpha value is -1.12. The summed E-state index contributed by atoms with van der Waals surface area (Å²) in [6, 6.07) is 2.06. The fourth-order valence-corrected chi connectivity index (χ4v) is 2.53. The van der Waals surface area contributed by atoms with Crippen LogP contribution in [0.25, 0.3) is 0 Å². The van der Waals surface area contributed by atoms with Crippen molar-refractivity contribution in [2.75, 3.05) is 53.9 Å². The zero-order valence-corrected chi connectivity index (χ0v) is 12.4. The number of nitrogens with zero attached hydrogens (tertiary/aromatic N) is 4. The Balaban J connectivity index is 2.17. The van der Waals surface area contributed by atoms with Crippen LogP contribution in [0.5, 0.6) is 0 Å². The number of nitriles is 1. The Morgan fingerprint density at radius 3 is 2.74 bits per heavy atom. The van der Waals surface area contributed by atoms with Crippen molar-refractivity contribution >= 4 is 5.91 Å². The van der Waals surface area contributed by atoms with Gasteiger partial charge in [-0.3, -0.25) is 4.79 Å². The van der Waals surface area contributed by atoms with Gasteiger partial charge in [0.1, 0.15) is 0 Å². The van der Waals surface area contributed by atoms with Crippen LogP contribution in [0.4, 0.5) is 0 Å². The third kappa shape index (κ3) is 6.04. The first-order valence-corrected chi connectivity index (χ1v) is 7.01. The maximum Gasteiger partial charge on any atom is 0.223 e. The highest BCUT2D eigenvalue weighted by atomic mass is 16.2. The fourth-order valence-electron chi connectivity index (χ4n) is 2.53. The van der Waals surface area contributed by atoms with Crippen molar-refractivity contribution < 1.29 is 4.79 Å². The molecule has 0 bridgehead atoms. The van der Waals surface area contributed by atoms with E-state index in [-0.39, 0.29) is 5.91 Å². The molecule has 0 aromatic rings. The number of rotatable bonds is 7. The van der Waals surface area contributed by atoms with E-state index in [0.717, 1.165) is 19.0 Å². The van der Waals surface area contributed by atoms with Gasteiger partial charge in [0.25, 0.3) is 0 Å². The molecule has 0 aliphatic carbocycles. The van der Waals surface area contributed by atoms with Gasteiger partial charge >= 0.3 is 0 Å². The van der Waals surface area contributed by atoms with Gasteiger partial charge in [-0.25, -0.2) is 0 Å². The normalized spacial score (nSPS) is 19.6. The fraction of sp³-hybridized carbons (Fsp3) is 0.857. The highest BCUT2D eigenvalue weighted by molar-refractivity contribution is 5.76. The maximum atomic E-state index is 11.8. The Bertz CT molecular complexity index is 326. The lowest BCUT2D eigenvalue weighted by Gasteiger charge is -2.22. The van der Waals surface area contributed by atoms with Gasteiger partial charge in [-0.05, 0) is 33.0 Å². The predicted molar refractivity (Wildman–Crippen MR) is 75.6 cm³/mol. The van der Waals surface area contributed by atoms with E-state index in [9.17, 15) is 4.79 Å². The molecule has 1 atom stereocenters. The summed E-state index contributed by atoms with van der Waals surface area (Å²) in [6.45, 7) is 4.76. The summed E-state index contributed by atoms with van der Waals surface area (Å²) in [5.74, 6) is 0.868. The zero-order chi connectivity index (χ0) is 14.3. The lowest BCUT2D eigenvalue weighted by molar-refractivity contribution is -0.130. The standard InChI is InChI=1S/C14H26N4O/c1-16-9-5-13(11-16)12-17(2)10-6-14(19)18(3)8-4-7-15/h13H,4-6,8-12H2,1-3H3. The lowest BCUT2D eigenvalue weighted by atomic mass is 10.1. The van der Waals surface area contributed by atoms with Gasteiger partial charge in [0, 0.05) is 39.6 Å². The molecule has 1 unspecified atom stereocenters. The molecule has 1 heterocycles. The summed E-state index contributed by atoms with van der Waals surface area (Å²) < 4.78 is 0. The summed E-state index contributed by atoms with van der Waals surface area (Å²) >= 11 is 0. The average molecular weight is 266 g/mol. The molecule has 19 heavy (non-hydrogen) atoms. The van der Waals surface area contributed by atoms with Crippen LogP contribution in [-0.2, 0) is 4.79 Å². The zero-order valence-electron chi connectivity index (χ0n) is 12.4. The Kier molecular flexibility index (Phi) is 6.82. The monoisotopic (exact) mass is 266 g/mol. The molecule has 108 valence electrons. The summed E-state index contributed by atoms with van der Waals surface area (Å²) in [4.78, 5) is 18.1. The molecule has 1 saturated heterocycles. The minimum atomic E-state index is 0.130. The van der Waals surface area contributed by atoms with E-state index in [1.54, 1.807) is 11.9 Å². The van der Waals surface area contributed by atoms with Gasteiger partial charge < -0.3 is 14.7 Å². The van der Waals surface area contributed by atoms with E-state index in [1.807, 2.05) is 0 Å². The summed E-state index contributed by atoms with van der Waals surface area (Å²) in [7, 11) is 6.01. The van der Waals surface area contributed by atoms with Crippen LogP contribution in [0.3, 0.4) is 0 Å². The number of carbonyl (C=O) groups is 1. The van der Waals surface area contributed by atoms with Crippen molar-refractivity contribution in [3.63, 3.8) is 0 Å². The van der Waals surface area contributed by atoms with Gasteiger partial charge in [-0.15, -0.1) is 0 Å². The number of hydrogen-bond donors (Lipinski definition) is 0. The third-order valence-corrected chi connectivity index (χ3v) is 3.75. The van der Waals surface area contributed by atoms with E-state index in [4.69, 9.17) is 5.26 Å².